The van der Waals surface area contributed by atoms with E-state index in [4.69, 9.17) is 4.74 Å². The minimum atomic E-state index is -0.0822. The van der Waals surface area contributed by atoms with Gasteiger partial charge in [-0.1, -0.05) is 30.3 Å². The van der Waals surface area contributed by atoms with Crippen LogP contribution in [0.15, 0.2) is 48.5 Å². The molecule has 1 amide bonds. The number of carbonyl (C=O) groups is 1. The van der Waals surface area contributed by atoms with Crippen molar-refractivity contribution in [3.8, 4) is 16.9 Å². The van der Waals surface area contributed by atoms with Crippen molar-refractivity contribution >= 4 is 5.91 Å². The van der Waals surface area contributed by atoms with E-state index < -0.39 is 0 Å². The van der Waals surface area contributed by atoms with E-state index in [1.54, 1.807) is 18.2 Å². The van der Waals surface area contributed by atoms with E-state index in [-0.39, 0.29) is 11.7 Å². The zero-order chi connectivity index (χ0) is 16.1. The molecular formula is C19H21NO3. The monoisotopic (exact) mass is 311 g/mol. The molecule has 2 aromatic carbocycles. The number of phenolic OH excluding ortho intramolecular Hbond substituents is 1. The Labute approximate surface area is 136 Å². The molecule has 0 aliphatic carbocycles. The van der Waals surface area contributed by atoms with Gasteiger partial charge in [-0.3, -0.25) is 4.79 Å². The lowest BCUT2D eigenvalue weighted by molar-refractivity contribution is 0.0950. The second-order valence-electron chi connectivity index (χ2n) is 5.87. The van der Waals surface area contributed by atoms with E-state index >= 15 is 0 Å². The molecule has 0 bridgehead atoms. The summed E-state index contributed by atoms with van der Waals surface area (Å²) in [6, 6.07) is 14.5. The molecule has 23 heavy (non-hydrogen) atoms. The Hall–Kier alpha value is -2.33. The van der Waals surface area contributed by atoms with E-state index in [9.17, 15) is 9.90 Å². The molecule has 1 fully saturated rings. The normalized spacial score (nSPS) is 17.1. The second-order valence-corrected chi connectivity index (χ2v) is 5.87. The van der Waals surface area contributed by atoms with Gasteiger partial charge in [0, 0.05) is 30.9 Å². The summed E-state index contributed by atoms with van der Waals surface area (Å²) < 4.78 is 5.34. The first-order valence-electron chi connectivity index (χ1n) is 7.98. The maximum Gasteiger partial charge on any atom is 0.251 e. The molecule has 1 atom stereocenters. The van der Waals surface area contributed by atoms with E-state index in [2.05, 4.69) is 5.32 Å². The predicted molar refractivity (Wildman–Crippen MR) is 89.4 cm³/mol. The van der Waals surface area contributed by atoms with Crippen molar-refractivity contribution in [1.82, 2.24) is 5.32 Å². The highest BCUT2D eigenvalue weighted by atomic mass is 16.5. The molecule has 0 spiro atoms. The van der Waals surface area contributed by atoms with Crippen molar-refractivity contribution in [2.75, 3.05) is 19.8 Å². The molecule has 1 aliphatic heterocycles. The van der Waals surface area contributed by atoms with Gasteiger partial charge in [0.15, 0.2) is 0 Å². The van der Waals surface area contributed by atoms with Crippen LogP contribution in [0.2, 0.25) is 0 Å². The largest absolute Gasteiger partial charge is 0.507 e. The number of hydrogen-bond acceptors (Lipinski definition) is 3. The van der Waals surface area contributed by atoms with Gasteiger partial charge in [-0.25, -0.2) is 0 Å². The Morgan fingerprint density at radius 1 is 1.22 bits per heavy atom. The molecular weight excluding hydrogens is 290 g/mol. The fraction of sp³-hybridized carbons (Fsp3) is 0.316. The van der Waals surface area contributed by atoms with Crippen molar-refractivity contribution in [3.05, 3.63) is 54.1 Å². The average Bonchev–Trinajstić information content (AvgIpc) is 3.09. The molecule has 1 heterocycles. The lowest BCUT2D eigenvalue weighted by atomic mass is 10.0. The van der Waals surface area contributed by atoms with E-state index in [0.717, 1.165) is 37.2 Å². The van der Waals surface area contributed by atoms with Gasteiger partial charge in [-0.15, -0.1) is 0 Å². The number of para-hydroxylation sites is 1. The molecule has 0 saturated carbocycles. The summed E-state index contributed by atoms with van der Waals surface area (Å²) in [5, 5.41) is 12.9. The third-order valence-corrected chi connectivity index (χ3v) is 4.20. The van der Waals surface area contributed by atoms with E-state index in [1.165, 1.54) is 0 Å². The number of rotatable bonds is 5. The highest BCUT2D eigenvalue weighted by Gasteiger charge is 2.15. The second kappa shape index (κ2) is 7.29. The molecule has 2 N–H and O–H groups in total. The zero-order valence-corrected chi connectivity index (χ0v) is 13.0. The predicted octanol–water partition coefficient (Wildman–Crippen LogP) is 3.22. The summed E-state index contributed by atoms with van der Waals surface area (Å²) >= 11 is 0. The number of aromatic hydroxyl groups is 1. The fourth-order valence-electron chi connectivity index (χ4n) is 2.85. The molecule has 1 saturated heterocycles. The smallest absolute Gasteiger partial charge is 0.251 e. The summed E-state index contributed by atoms with van der Waals surface area (Å²) in [6.45, 7) is 2.30. The maximum absolute atomic E-state index is 12.3. The summed E-state index contributed by atoms with van der Waals surface area (Å²) in [5.41, 5.74) is 2.17. The number of ether oxygens (including phenoxy) is 1. The van der Waals surface area contributed by atoms with Gasteiger partial charge >= 0.3 is 0 Å². The Balaban J connectivity index is 1.64. The number of benzene rings is 2. The quantitative estimate of drug-likeness (QED) is 0.891. The molecule has 2 aromatic rings. The Morgan fingerprint density at radius 3 is 2.87 bits per heavy atom. The van der Waals surface area contributed by atoms with Crippen LogP contribution >= 0.6 is 0 Å². The van der Waals surface area contributed by atoms with Gasteiger partial charge in [-0.2, -0.15) is 0 Å². The van der Waals surface area contributed by atoms with Crippen molar-refractivity contribution in [2.45, 2.75) is 12.8 Å². The fourth-order valence-corrected chi connectivity index (χ4v) is 2.85. The lowest BCUT2D eigenvalue weighted by Crippen LogP contribution is -2.26. The van der Waals surface area contributed by atoms with Gasteiger partial charge in [0.1, 0.15) is 5.75 Å². The topological polar surface area (TPSA) is 58.6 Å². The van der Waals surface area contributed by atoms with Gasteiger partial charge in [0.2, 0.25) is 0 Å². The van der Waals surface area contributed by atoms with Gasteiger partial charge in [0.05, 0.1) is 0 Å². The van der Waals surface area contributed by atoms with Crippen LogP contribution in [0.1, 0.15) is 23.2 Å². The van der Waals surface area contributed by atoms with Gasteiger partial charge in [-0.05, 0) is 42.5 Å². The molecule has 0 unspecified atom stereocenters. The van der Waals surface area contributed by atoms with Crippen molar-refractivity contribution in [1.29, 1.82) is 0 Å². The minimum absolute atomic E-state index is 0.0822. The summed E-state index contributed by atoms with van der Waals surface area (Å²) in [6.07, 6.45) is 2.03. The van der Waals surface area contributed by atoms with E-state index in [1.807, 2.05) is 30.3 Å². The van der Waals surface area contributed by atoms with Crippen LogP contribution in [0.4, 0.5) is 0 Å². The number of phenols is 1. The lowest BCUT2D eigenvalue weighted by Gasteiger charge is -2.10. The highest BCUT2D eigenvalue weighted by molar-refractivity contribution is 5.95. The number of nitrogens with one attached hydrogen (secondary N) is 1. The first-order valence-corrected chi connectivity index (χ1v) is 7.98. The minimum Gasteiger partial charge on any atom is -0.507 e. The molecule has 0 radical (unpaired) electrons. The third-order valence-electron chi connectivity index (χ3n) is 4.20. The van der Waals surface area contributed by atoms with Gasteiger partial charge in [0.25, 0.3) is 5.91 Å². The number of amides is 1. The molecule has 0 aromatic heterocycles. The standard InChI is InChI=1S/C19H21NO3/c21-18-7-2-1-6-17(18)15-4-3-5-16(12-15)19(22)20-10-8-14-9-11-23-13-14/h1-7,12,14,21H,8-11,13H2,(H,20,22)/t14-/m1/s1. The van der Waals surface area contributed by atoms with Crippen LogP contribution in [-0.4, -0.2) is 30.8 Å². The Bertz CT molecular complexity index is 678. The first-order chi connectivity index (χ1) is 11.2. The van der Waals surface area contributed by atoms with Crippen molar-refractivity contribution < 1.29 is 14.6 Å². The summed E-state index contributed by atoms with van der Waals surface area (Å²) in [4.78, 5) is 12.3. The highest BCUT2D eigenvalue weighted by Crippen LogP contribution is 2.29. The van der Waals surface area contributed by atoms with Crippen LogP contribution in [0, 0.1) is 5.92 Å². The molecule has 120 valence electrons. The Morgan fingerprint density at radius 2 is 2.09 bits per heavy atom. The van der Waals surface area contributed by atoms with E-state index in [0.29, 0.717) is 18.0 Å². The average molecular weight is 311 g/mol. The van der Waals surface area contributed by atoms with Crippen LogP contribution in [-0.2, 0) is 4.74 Å². The van der Waals surface area contributed by atoms with Gasteiger partial charge < -0.3 is 15.2 Å². The number of carbonyl (C=O) groups excluding carboxylic acids is 1. The molecule has 1 aliphatic rings. The third kappa shape index (κ3) is 3.90. The van der Waals surface area contributed by atoms with Crippen LogP contribution < -0.4 is 5.32 Å². The molecule has 4 heteroatoms. The van der Waals surface area contributed by atoms with Crippen molar-refractivity contribution in [3.63, 3.8) is 0 Å². The zero-order valence-electron chi connectivity index (χ0n) is 13.0. The van der Waals surface area contributed by atoms with Crippen molar-refractivity contribution in [2.24, 2.45) is 5.92 Å². The molecule has 4 nitrogen and oxygen atoms in total. The number of hydrogen-bond donors (Lipinski definition) is 2. The maximum atomic E-state index is 12.3. The van der Waals surface area contributed by atoms with Crippen LogP contribution in [0.3, 0.4) is 0 Å². The Kier molecular flexibility index (Phi) is 4.93. The van der Waals surface area contributed by atoms with Crippen LogP contribution in [0.5, 0.6) is 5.75 Å². The molecule has 3 rings (SSSR count). The first kappa shape index (κ1) is 15.6. The van der Waals surface area contributed by atoms with Crippen LogP contribution in [0.25, 0.3) is 11.1 Å². The summed E-state index contributed by atoms with van der Waals surface area (Å²) in [5.74, 6) is 0.690. The summed E-state index contributed by atoms with van der Waals surface area (Å²) in [7, 11) is 0. The SMILES string of the molecule is O=C(NCC[C@@H]1CCOC1)c1cccc(-c2ccccc2O)c1.